The Morgan fingerprint density at radius 1 is 1.12 bits per heavy atom. The zero-order chi connectivity index (χ0) is 12.4. The lowest BCUT2D eigenvalue weighted by molar-refractivity contribution is 0.936. The van der Waals surface area contributed by atoms with Crippen molar-refractivity contribution in [2.75, 3.05) is 0 Å². The molecule has 1 aromatic carbocycles. The first kappa shape index (κ1) is 12.9. The van der Waals surface area contributed by atoms with Crippen LogP contribution < -0.4 is 0 Å². The van der Waals surface area contributed by atoms with Gasteiger partial charge in [0.1, 0.15) is 0 Å². The second kappa shape index (κ2) is 5.43. The first-order valence-electron chi connectivity index (χ1n) is 5.51. The Morgan fingerprint density at radius 2 is 1.88 bits per heavy atom. The van der Waals surface area contributed by atoms with E-state index in [2.05, 4.69) is 32.0 Å². The maximum atomic E-state index is 6.40. The van der Waals surface area contributed by atoms with Crippen molar-refractivity contribution >= 4 is 34.5 Å². The number of halogens is 2. The summed E-state index contributed by atoms with van der Waals surface area (Å²) in [5.74, 6) is 0. The maximum Gasteiger partial charge on any atom is 0.0931 e. The number of aryl methyl sites for hydroxylation is 2. The number of rotatable bonds is 3. The molecule has 0 saturated heterocycles. The second-order valence-corrected chi connectivity index (χ2v) is 6.51. The molecule has 0 aliphatic carbocycles. The lowest BCUT2D eigenvalue weighted by Gasteiger charge is -2.09. The largest absolute Gasteiger partial charge is 0.127 e. The van der Waals surface area contributed by atoms with E-state index in [0.717, 1.165) is 15.6 Å². The molecular weight excluding hydrogens is 271 g/mol. The van der Waals surface area contributed by atoms with E-state index >= 15 is 0 Å². The number of hydrogen-bond donors (Lipinski definition) is 0. The first-order valence-corrected chi connectivity index (χ1v) is 7.15. The summed E-state index contributed by atoms with van der Waals surface area (Å²) in [6.07, 6.45) is 0.847. The molecule has 2 rings (SSSR count). The van der Waals surface area contributed by atoms with Crippen LogP contribution in [0.2, 0.25) is 4.34 Å². The molecule has 0 spiro atoms. The molecule has 17 heavy (non-hydrogen) atoms. The van der Waals surface area contributed by atoms with Crippen LogP contribution in [-0.4, -0.2) is 0 Å². The summed E-state index contributed by atoms with van der Waals surface area (Å²) in [7, 11) is 0. The fourth-order valence-electron chi connectivity index (χ4n) is 1.73. The zero-order valence-corrected chi connectivity index (χ0v) is 12.2. The SMILES string of the molecule is Cc1ccc(CC(Cl)c2ccc(Cl)s2)cc1C. The van der Waals surface area contributed by atoms with Crippen molar-refractivity contribution in [2.45, 2.75) is 25.6 Å². The van der Waals surface area contributed by atoms with E-state index in [-0.39, 0.29) is 5.38 Å². The van der Waals surface area contributed by atoms with E-state index in [9.17, 15) is 0 Å². The van der Waals surface area contributed by atoms with Gasteiger partial charge in [-0.05, 0) is 49.1 Å². The van der Waals surface area contributed by atoms with Gasteiger partial charge in [-0.3, -0.25) is 0 Å². The van der Waals surface area contributed by atoms with Gasteiger partial charge in [0.2, 0.25) is 0 Å². The molecule has 0 saturated carbocycles. The number of thiophene rings is 1. The first-order chi connectivity index (χ1) is 8.06. The topological polar surface area (TPSA) is 0 Å². The van der Waals surface area contributed by atoms with Gasteiger partial charge in [0.15, 0.2) is 0 Å². The third-order valence-corrected chi connectivity index (χ3v) is 4.75. The quantitative estimate of drug-likeness (QED) is 0.649. The average molecular weight is 285 g/mol. The highest BCUT2D eigenvalue weighted by Gasteiger charge is 2.11. The Bertz CT molecular complexity index is 517. The van der Waals surface area contributed by atoms with Crippen LogP contribution in [0.25, 0.3) is 0 Å². The predicted molar refractivity (Wildman–Crippen MR) is 77.5 cm³/mol. The van der Waals surface area contributed by atoms with Crippen LogP contribution >= 0.6 is 34.5 Å². The molecule has 1 aromatic heterocycles. The molecule has 0 fully saturated rings. The smallest absolute Gasteiger partial charge is 0.0931 e. The van der Waals surface area contributed by atoms with Crippen molar-refractivity contribution in [3.8, 4) is 0 Å². The summed E-state index contributed by atoms with van der Waals surface area (Å²) in [5.41, 5.74) is 3.91. The van der Waals surface area contributed by atoms with E-state index in [4.69, 9.17) is 23.2 Å². The summed E-state index contributed by atoms with van der Waals surface area (Å²) in [4.78, 5) is 1.13. The van der Waals surface area contributed by atoms with Crippen molar-refractivity contribution in [1.29, 1.82) is 0 Å². The van der Waals surface area contributed by atoms with E-state index in [1.54, 1.807) is 11.3 Å². The van der Waals surface area contributed by atoms with E-state index in [1.807, 2.05) is 12.1 Å². The van der Waals surface area contributed by atoms with Gasteiger partial charge < -0.3 is 0 Å². The van der Waals surface area contributed by atoms with Crippen LogP contribution in [0, 0.1) is 13.8 Å². The number of hydrogen-bond acceptors (Lipinski definition) is 1. The van der Waals surface area contributed by atoms with Gasteiger partial charge in [-0.1, -0.05) is 29.8 Å². The highest BCUT2D eigenvalue weighted by atomic mass is 35.5. The molecule has 1 atom stereocenters. The van der Waals surface area contributed by atoms with Gasteiger partial charge in [0, 0.05) is 4.88 Å². The molecule has 0 N–H and O–H groups in total. The molecular formula is C14H14Cl2S. The van der Waals surface area contributed by atoms with Gasteiger partial charge in [-0.25, -0.2) is 0 Å². The van der Waals surface area contributed by atoms with Gasteiger partial charge in [0.25, 0.3) is 0 Å². The Labute approximate surface area is 116 Å². The Hall–Kier alpha value is -0.500. The predicted octanol–water partition coefficient (Wildman–Crippen LogP) is 5.54. The third kappa shape index (κ3) is 3.25. The van der Waals surface area contributed by atoms with Crippen molar-refractivity contribution in [1.82, 2.24) is 0 Å². The molecule has 0 radical (unpaired) electrons. The number of alkyl halides is 1. The molecule has 3 heteroatoms. The van der Waals surface area contributed by atoms with Crippen molar-refractivity contribution in [3.63, 3.8) is 0 Å². The van der Waals surface area contributed by atoms with Crippen LogP contribution in [-0.2, 0) is 6.42 Å². The maximum absolute atomic E-state index is 6.40. The molecule has 0 bridgehead atoms. The Balaban J connectivity index is 2.12. The minimum atomic E-state index is 0.00889. The summed E-state index contributed by atoms with van der Waals surface area (Å²) in [6.45, 7) is 4.25. The zero-order valence-electron chi connectivity index (χ0n) is 9.84. The summed E-state index contributed by atoms with van der Waals surface area (Å²) in [6, 6.07) is 10.4. The van der Waals surface area contributed by atoms with Crippen LogP contribution in [0.3, 0.4) is 0 Å². The fourth-order valence-corrected chi connectivity index (χ4v) is 3.16. The highest BCUT2D eigenvalue weighted by Crippen LogP contribution is 2.33. The van der Waals surface area contributed by atoms with E-state index in [1.165, 1.54) is 16.7 Å². The van der Waals surface area contributed by atoms with Crippen LogP contribution in [0.5, 0.6) is 0 Å². The standard InChI is InChI=1S/C14H14Cl2S/c1-9-3-4-11(7-10(9)2)8-12(15)13-5-6-14(16)17-13/h3-7,12H,8H2,1-2H3. The van der Waals surface area contributed by atoms with Gasteiger partial charge in [-0.15, -0.1) is 22.9 Å². The molecule has 0 amide bonds. The van der Waals surface area contributed by atoms with Crippen molar-refractivity contribution < 1.29 is 0 Å². The van der Waals surface area contributed by atoms with Crippen LogP contribution in [0.4, 0.5) is 0 Å². The molecule has 0 aliphatic heterocycles. The molecule has 0 nitrogen and oxygen atoms in total. The van der Waals surface area contributed by atoms with E-state index in [0.29, 0.717) is 0 Å². The summed E-state index contributed by atoms with van der Waals surface area (Å²) >= 11 is 13.9. The Kier molecular flexibility index (Phi) is 4.13. The van der Waals surface area contributed by atoms with Gasteiger partial charge in [-0.2, -0.15) is 0 Å². The fraction of sp³-hybridized carbons (Fsp3) is 0.286. The molecule has 90 valence electrons. The van der Waals surface area contributed by atoms with Crippen LogP contribution in [0.15, 0.2) is 30.3 Å². The minimum absolute atomic E-state index is 0.00889. The third-order valence-electron chi connectivity index (χ3n) is 2.89. The highest BCUT2D eigenvalue weighted by molar-refractivity contribution is 7.16. The summed E-state index contributed by atoms with van der Waals surface area (Å²) in [5, 5.41) is 0.00889. The van der Waals surface area contributed by atoms with E-state index < -0.39 is 0 Å². The van der Waals surface area contributed by atoms with Gasteiger partial charge >= 0.3 is 0 Å². The normalized spacial score (nSPS) is 12.7. The molecule has 1 heterocycles. The average Bonchev–Trinajstić information content (AvgIpc) is 2.70. The summed E-state index contributed by atoms with van der Waals surface area (Å²) < 4.78 is 0.797. The van der Waals surface area contributed by atoms with Crippen LogP contribution in [0.1, 0.15) is 26.9 Å². The lowest BCUT2D eigenvalue weighted by atomic mass is 10.0. The number of benzene rings is 1. The minimum Gasteiger partial charge on any atom is -0.127 e. The molecule has 0 aliphatic rings. The second-order valence-electron chi connectivity index (χ2n) is 4.23. The van der Waals surface area contributed by atoms with Crippen molar-refractivity contribution in [2.24, 2.45) is 0 Å². The lowest BCUT2D eigenvalue weighted by Crippen LogP contribution is -1.94. The van der Waals surface area contributed by atoms with Gasteiger partial charge in [0.05, 0.1) is 9.71 Å². The van der Waals surface area contributed by atoms with Crippen molar-refractivity contribution in [3.05, 3.63) is 56.2 Å². The molecule has 2 aromatic rings. The Morgan fingerprint density at radius 3 is 2.47 bits per heavy atom. The molecule has 1 unspecified atom stereocenters. The monoisotopic (exact) mass is 284 g/mol.